The van der Waals surface area contributed by atoms with Gasteiger partial charge in [0.25, 0.3) is 5.91 Å². The van der Waals surface area contributed by atoms with Gasteiger partial charge < -0.3 is 15.0 Å². The van der Waals surface area contributed by atoms with E-state index in [2.05, 4.69) is 21.2 Å². The lowest BCUT2D eigenvalue weighted by atomic mass is 9.94. The van der Waals surface area contributed by atoms with Gasteiger partial charge in [-0.2, -0.15) is 0 Å². The van der Waals surface area contributed by atoms with Crippen molar-refractivity contribution in [2.45, 2.75) is 57.2 Å². The lowest BCUT2D eigenvalue weighted by molar-refractivity contribution is -0.143. The van der Waals surface area contributed by atoms with Crippen LogP contribution in [0.1, 0.15) is 43.2 Å². The van der Waals surface area contributed by atoms with Crippen molar-refractivity contribution in [3.8, 4) is 5.75 Å². The fourth-order valence-corrected chi connectivity index (χ4v) is 5.75. The third-order valence-electron chi connectivity index (χ3n) is 6.71. The highest BCUT2D eigenvalue weighted by Gasteiger charge is 2.32. The van der Waals surface area contributed by atoms with Crippen LogP contribution in [-0.4, -0.2) is 35.4 Å². The van der Waals surface area contributed by atoms with Gasteiger partial charge in [0.05, 0.1) is 4.47 Å². The summed E-state index contributed by atoms with van der Waals surface area (Å²) in [6, 6.07) is 21.6. The first-order valence-electron chi connectivity index (χ1n) is 12.8. The summed E-state index contributed by atoms with van der Waals surface area (Å²) in [5.41, 5.74) is 1.81. The molecule has 0 unspecified atom stereocenters. The maximum Gasteiger partial charge on any atom is 0.261 e. The molecular weight excluding hydrogens is 587 g/mol. The van der Waals surface area contributed by atoms with Gasteiger partial charge in [-0.05, 0) is 70.2 Å². The third-order valence-corrected chi connectivity index (χ3v) is 7.80. The van der Waals surface area contributed by atoms with Crippen LogP contribution in [0.4, 0.5) is 0 Å². The Bertz CT molecular complexity index is 1240. The smallest absolute Gasteiger partial charge is 0.261 e. The van der Waals surface area contributed by atoms with Crippen molar-refractivity contribution in [2.75, 3.05) is 6.61 Å². The molecule has 1 aliphatic rings. The van der Waals surface area contributed by atoms with Crippen LogP contribution in [0.25, 0.3) is 0 Å². The number of carbonyl (C=O) groups is 2. The van der Waals surface area contributed by atoms with Gasteiger partial charge in [-0.3, -0.25) is 9.59 Å². The summed E-state index contributed by atoms with van der Waals surface area (Å²) in [7, 11) is 0. The van der Waals surface area contributed by atoms with Crippen molar-refractivity contribution < 1.29 is 14.3 Å². The summed E-state index contributed by atoms with van der Waals surface area (Å²) in [6.45, 7) is -0.0110. The van der Waals surface area contributed by atoms with E-state index in [0.29, 0.717) is 26.7 Å². The van der Waals surface area contributed by atoms with Crippen LogP contribution in [0, 0.1) is 0 Å². The average Bonchev–Trinajstić information content (AvgIpc) is 2.91. The van der Waals surface area contributed by atoms with E-state index in [4.69, 9.17) is 27.9 Å². The zero-order chi connectivity index (χ0) is 26.9. The quantitative estimate of drug-likeness (QED) is 0.261. The Morgan fingerprint density at radius 2 is 1.63 bits per heavy atom. The normalized spacial score (nSPS) is 14.5. The van der Waals surface area contributed by atoms with Gasteiger partial charge in [-0.25, -0.2) is 0 Å². The maximum atomic E-state index is 13.8. The second-order valence-corrected chi connectivity index (χ2v) is 11.3. The Kier molecular flexibility index (Phi) is 10.5. The summed E-state index contributed by atoms with van der Waals surface area (Å²) < 4.78 is 6.52. The van der Waals surface area contributed by atoms with Crippen molar-refractivity contribution in [2.24, 2.45) is 0 Å². The second kappa shape index (κ2) is 14.0. The van der Waals surface area contributed by atoms with Gasteiger partial charge in [0.1, 0.15) is 11.8 Å². The average molecular weight is 618 g/mol. The summed E-state index contributed by atoms with van der Waals surface area (Å²) in [6.07, 6.45) is 5.69. The first kappa shape index (κ1) is 28.5. The van der Waals surface area contributed by atoms with Gasteiger partial charge in [-0.15, -0.1) is 0 Å². The van der Waals surface area contributed by atoms with E-state index in [1.165, 1.54) is 6.42 Å². The maximum absolute atomic E-state index is 13.8. The minimum atomic E-state index is -0.719. The minimum absolute atomic E-state index is 0.124. The largest absolute Gasteiger partial charge is 0.483 e. The zero-order valence-corrected chi connectivity index (χ0v) is 24.1. The molecule has 8 heteroatoms. The van der Waals surface area contributed by atoms with Crippen molar-refractivity contribution in [1.29, 1.82) is 0 Å². The lowest BCUT2D eigenvalue weighted by Crippen LogP contribution is -2.53. The van der Waals surface area contributed by atoms with Gasteiger partial charge >= 0.3 is 0 Å². The minimum Gasteiger partial charge on any atom is -0.483 e. The van der Waals surface area contributed by atoms with Crippen molar-refractivity contribution >= 4 is 50.9 Å². The Morgan fingerprint density at radius 1 is 0.921 bits per heavy atom. The van der Waals surface area contributed by atoms with Crippen LogP contribution in [-0.2, 0) is 22.6 Å². The molecule has 0 aromatic heterocycles. The zero-order valence-electron chi connectivity index (χ0n) is 21.0. The first-order valence-corrected chi connectivity index (χ1v) is 14.4. The predicted octanol–water partition coefficient (Wildman–Crippen LogP) is 7.22. The van der Waals surface area contributed by atoms with Crippen LogP contribution >= 0.6 is 39.1 Å². The van der Waals surface area contributed by atoms with E-state index < -0.39 is 6.04 Å². The van der Waals surface area contributed by atoms with Crippen molar-refractivity contribution in [1.82, 2.24) is 10.2 Å². The van der Waals surface area contributed by atoms with Crippen LogP contribution in [0.2, 0.25) is 10.0 Å². The van der Waals surface area contributed by atoms with Gasteiger partial charge in [-0.1, -0.05) is 84.9 Å². The molecule has 200 valence electrons. The molecule has 1 N–H and O–H groups in total. The van der Waals surface area contributed by atoms with Crippen LogP contribution in [0.3, 0.4) is 0 Å². The SMILES string of the molecule is O=C(NC1CCCCC1)[C@H](Cc1ccccc1)N(Cc1cccc(Cl)c1)C(=O)COc1ccc(Cl)cc1Br. The first-order chi connectivity index (χ1) is 18.4. The number of halogens is 3. The third kappa shape index (κ3) is 8.23. The van der Waals surface area contributed by atoms with Gasteiger partial charge in [0.15, 0.2) is 6.61 Å². The van der Waals surface area contributed by atoms with Crippen molar-refractivity contribution in [3.63, 3.8) is 0 Å². The summed E-state index contributed by atoms with van der Waals surface area (Å²) in [4.78, 5) is 29.2. The molecule has 4 rings (SSSR count). The second-order valence-electron chi connectivity index (χ2n) is 9.56. The number of hydrogen-bond acceptors (Lipinski definition) is 3. The predicted molar refractivity (Wildman–Crippen MR) is 156 cm³/mol. The molecular formula is C30H31BrCl2N2O3. The van der Waals surface area contributed by atoms with E-state index in [1.54, 1.807) is 29.2 Å². The molecule has 1 aliphatic carbocycles. The summed E-state index contributed by atoms with van der Waals surface area (Å²) >= 11 is 15.7. The lowest BCUT2D eigenvalue weighted by Gasteiger charge is -2.33. The Labute approximate surface area is 242 Å². The number of carbonyl (C=O) groups excluding carboxylic acids is 2. The van der Waals surface area contributed by atoms with Crippen LogP contribution in [0.5, 0.6) is 5.75 Å². The van der Waals surface area contributed by atoms with E-state index in [9.17, 15) is 9.59 Å². The molecule has 0 bridgehead atoms. The number of nitrogens with one attached hydrogen (secondary N) is 1. The Hall–Kier alpha value is -2.54. The van der Waals surface area contributed by atoms with E-state index in [0.717, 1.165) is 36.8 Å². The number of amides is 2. The molecule has 0 spiro atoms. The fourth-order valence-electron chi connectivity index (χ4n) is 4.74. The standard InChI is InChI=1S/C30H31BrCl2N2O3/c31-26-18-24(33)14-15-28(26)38-20-29(36)35(19-22-10-7-11-23(32)16-22)27(17-21-8-3-1-4-9-21)30(37)34-25-12-5-2-6-13-25/h1,3-4,7-11,14-16,18,25,27H,2,5-6,12-13,17,19-20H2,(H,34,37)/t27-/m0/s1. The molecule has 2 amide bonds. The van der Waals surface area contributed by atoms with Gasteiger partial charge in [0.2, 0.25) is 5.91 Å². The molecule has 1 fully saturated rings. The highest BCUT2D eigenvalue weighted by atomic mass is 79.9. The molecule has 1 atom stereocenters. The number of benzene rings is 3. The molecule has 3 aromatic carbocycles. The Morgan fingerprint density at radius 3 is 2.34 bits per heavy atom. The molecule has 5 nitrogen and oxygen atoms in total. The van der Waals surface area contributed by atoms with Crippen LogP contribution < -0.4 is 10.1 Å². The molecule has 0 heterocycles. The number of nitrogens with zero attached hydrogens (tertiary/aromatic N) is 1. The molecule has 0 aliphatic heterocycles. The number of hydrogen-bond donors (Lipinski definition) is 1. The topological polar surface area (TPSA) is 58.6 Å². The number of ether oxygens (including phenoxy) is 1. The van der Waals surface area contributed by atoms with Crippen LogP contribution in [0.15, 0.2) is 77.3 Å². The van der Waals surface area contributed by atoms with E-state index in [-0.39, 0.29) is 31.0 Å². The molecule has 1 saturated carbocycles. The highest BCUT2D eigenvalue weighted by Crippen LogP contribution is 2.28. The summed E-state index contributed by atoms with van der Waals surface area (Å²) in [5.74, 6) is 0.0482. The van der Waals surface area contributed by atoms with E-state index in [1.807, 2.05) is 48.5 Å². The Balaban J connectivity index is 1.62. The number of rotatable bonds is 10. The summed E-state index contributed by atoms with van der Waals surface area (Å²) in [5, 5.41) is 4.37. The molecule has 3 aromatic rings. The van der Waals surface area contributed by atoms with E-state index >= 15 is 0 Å². The van der Waals surface area contributed by atoms with Crippen molar-refractivity contribution in [3.05, 3.63) is 98.4 Å². The highest BCUT2D eigenvalue weighted by molar-refractivity contribution is 9.10. The monoisotopic (exact) mass is 616 g/mol. The molecule has 0 radical (unpaired) electrons. The van der Waals surface area contributed by atoms with Gasteiger partial charge in [0, 0.05) is 29.1 Å². The fraction of sp³-hybridized carbons (Fsp3) is 0.333. The molecule has 0 saturated heterocycles. The molecule has 38 heavy (non-hydrogen) atoms.